The number of aromatic nitrogens is 1. The lowest BCUT2D eigenvalue weighted by molar-refractivity contribution is 0.134. The smallest absolute Gasteiger partial charge is 0.0639 e. The van der Waals surface area contributed by atoms with Crippen LogP contribution < -0.4 is 11.1 Å². The fourth-order valence-electron chi connectivity index (χ4n) is 2.16. The highest BCUT2D eigenvalue weighted by Gasteiger charge is 2.20. The predicted molar refractivity (Wildman–Crippen MR) is 78.2 cm³/mol. The maximum absolute atomic E-state index is 5.96. The van der Waals surface area contributed by atoms with E-state index >= 15 is 0 Å². The largest absolute Gasteiger partial charge is 0.398 e. The molecule has 0 amide bonds. The second kappa shape index (κ2) is 5.45. The van der Waals surface area contributed by atoms with Crippen LogP contribution in [0.4, 0.5) is 11.4 Å². The third-order valence-corrected chi connectivity index (χ3v) is 3.46. The van der Waals surface area contributed by atoms with Crippen molar-refractivity contribution in [1.82, 2.24) is 4.98 Å². The predicted octanol–water partition coefficient (Wildman–Crippen LogP) is 2.66. The molecular weight excluding hydrogens is 238 g/mol. The normalized spacial score (nSPS) is 14.7. The Morgan fingerprint density at radius 3 is 3.00 bits per heavy atom. The van der Waals surface area contributed by atoms with Crippen LogP contribution in [0.2, 0.25) is 0 Å². The van der Waals surface area contributed by atoms with Gasteiger partial charge in [0.25, 0.3) is 0 Å². The van der Waals surface area contributed by atoms with Crippen LogP contribution in [0.5, 0.6) is 0 Å². The van der Waals surface area contributed by atoms with Gasteiger partial charge in [0.2, 0.25) is 0 Å². The summed E-state index contributed by atoms with van der Waals surface area (Å²) >= 11 is 0. The van der Waals surface area contributed by atoms with Gasteiger partial charge in [0.15, 0.2) is 0 Å². The van der Waals surface area contributed by atoms with Crippen molar-refractivity contribution in [1.29, 1.82) is 0 Å². The van der Waals surface area contributed by atoms with Crippen molar-refractivity contribution < 1.29 is 4.74 Å². The molecule has 1 saturated carbocycles. The maximum atomic E-state index is 5.96. The molecule has 0 atom stereocenters. The summed E-state index contributed by atoms with van der Waals surface area (Å²) in [5.41, 5.74) is 7.81. The Labute approximate surface area is 113 Å². The van der Waals surface area contributed by atoms with Crippen LogP contribution in [-0.4, -0.2) is 24.7 Å². The number of ether oxygens (including phenoxy) is 1. The van der Waals surface area contributed by atoms with Crippen LogP contribution in [0, 0.1) is 5.92 Å². The number of nitrogens with zero attached hydrogens (tertiary/aromatic N) is 1. The number of nitrogen functional groups attached to an aromatic ring is 1. The number of rotatable bonds is 6. The van der Waals surface area contributed by atoms with Crippen molar-refractivity contribution in [2.45, 2.75) is 12.8 Å². The number of nitrogens with two attached hydrogens (primary N) is 1. The fourth-order valence-corrected chi connectivity index (χ4v) is 2.16. The Morgan fingerprint density at radius 2 is 2.16 bits per heavy atom. The van der Waals surface area contributed by atoms with Gasteiger partial charge in [0.1, 0.15) is 0 Å². The number of benzene rings is 1. The molecule has 3 rings (SSSR count). The molecule has 0 spiro atoms. The average molecular weight is 257 g/mol. The number of hydrogen-bond acceptors (Lipinski definition) is 4. The highest BCUT2D eigenvalue weighted by Crippen LogP contribution is 2.29. The second-order valence-electron chi connectivity index (χ2n) is 5.07. The molecule has 0 radical (unpaired) electrons. The number of anilines is 2. The molecule has 0 unspecified atom stereocenters. The minimum absolute atomic E-state index is 0.739. The van der Waals surface area contributed by atoms with Crippen molar-refractivity contribution in [2.24, 2.45) is 5.92 Å². The third-order valence-electron chi connectivity index (χ3n) is 3.46. The molecular formula is C15H19N3O. The van der Waals surface area contributed by atoms with Gasteiger partial charge in [-0.3, -0.25) is 4.98 Å². The second-order valence-corrected chi connectivity index (χ2v) is 5.07. The van der Waals surface area contributed by atoms with Crippen LogP contribution >= 0.6 is 0 Å². The number of nitrogens with one attached hydrogen (secondary N) is 1. The molecule has 0 saturated heterocycles. The Balaban J connectivity index is 1.61. The molecule has 1 heterocycles. The van der Waals surface area contributed by atoms with Gasteiger partial charge in [0, 0.05) is 47.7 Å². The van der Waals surface area contributed by atoms with Gasteiger partial charge in [-0.2, -0.15) is 0 Å². The molecule has 2 aromatic rings. The summed E-state index contributed by atoms with van der Waals surface area (Å²) in [4.78, 5) is 4.16. The fraction of sp³-hybridized carbons (Fsp3) is 0.400. The van der Waals surface area contributed by atoms with E-state index < -0.39 is 0 Å². The Bertz CT molecular complexity index is 566. The zero-order valence-corrected chi connectivity index (χ0v) is 10.9. The van der Waals surface area contributed by atoms with E-state index in [1.54, 1.807) is 6.20 Å². The summed E-state index contributed by atoms with van der Waals surface area (Å²) in [6.45, 7) is 2.45. The zero-order valence-electron chi connectivity index (χ0n) is 10.9. The lowest BCUT2D eigenvalue weighted by Crippen LogP contribution is -2.11. The van der Waals surface area contributed by atoms with Crippen LogP contribution in [-0.2, 0) is 4.74 Å². The first kappa shape index (κ1) is 12.2. The third kappa shape index (κ3) is 2.96. The molecule has 0 aliphatic heterocycles. The molecule has 0 bridgehead atoms. The van der Waals surface area contributed by atoms with E-state index in [0.29, 0.717) is 0 Å². The van der Waals surface area contributed by atoms with Crippen LogP contribution in [0.15, 0.2) is 30.6 Å². The highest BCUT2D eigenvalue weighted by atomic mass is 16.5. The van der Waals surface area contributed by atoms with Gasteiger partial charge in [0.05, 0.1) is 6.61 Å². The standard InChI is InChI=1S/C15H19N3O/c16-14-3-4-15(13-9-17-6-5-12(13)14)18-7-8-19-10-11-1-2-11/h3-6,9,11,18H,1-2,7-8,10,16H2. The summed E-state index contributed by atoms with van der Waals surface area (Å²) in [6, 6.07) is 5.87. The number of pyridine rings is 1. The number of hydrogen-bond donors (Lipinski definition) is 2. The summed E-state index contributed by atoms with van der Waals surface area (Å²) in [5.74, 6) is 0.821. The van der Waals surface area contributed by atoms with Gasteiger partial charge in [-0.05, 0) is 37.0 Å². The van der Waals surface area contributed by atoms with E-state index in [1.165, 1.54) is 12.8 Å². The van der Waals surface area contributed by atoms with E-state index in [4.69, 9.17) is 10.5 Å². The van der Waals surface area contributed by atoms with Crippen molar-refractivity contribution in [2.75, 3.05) is 30.8 Å². The molecule has 4 nitrogen and oxygen atoms in total. The van der Waals surface area contributed by atoms with Crippen LogP contribution in [0.1, 0.15) is 12.8 Å². The molecule has 1 fully saturated rings. The molecule has 1 aromatic carbocycles. The van der Waals surface area contributed by atoms with E-state index in [9.17, 15) is 0 Å². The van der Waals surface area contributed by atoms with Gasteiger partial charge in [-0.25, -0.2) is 0 Å². The highest BCUT2D eigenvalue weighted by molar-refractivity contribution is 6.00. The summed E-state index contributed by atoms with van der Waals surface area (Å²) < 4.78 is 5.61. The monoisotopic (exact) mass is 257 g/mol. The minimum atomic E-state index is 0.739. The van der Waals surface area contributed by atoms with Crippen molar-refractivity contribution in [3.05, 3.63) is 30.6 Å². The Morgan fingerprint density at radius 1 is 1.26 bits per heavy atom. The first-order valence-electron chi connectivity index (χ1n) is 6.78. The van der Waals surface area contributed by atoms with E-state index in [2.05, 4.69) is 10.3 Å². The lowest BCUT2D eigenvalue weighted by Gasteiger charge is -2.11. The Hall–Kier alpha value is -1.81. The molecule has 1 aromatic heterocycles. The minimum Gasteiger partial charge on any atom is -0.398 e. The van der Waals surface area contributed by atoms with E-state index in [-0.39, 0.29) is 0 Å². The molecule has 100 valence electrons. The molecule has 3 N–H and O–H groups in total. The quantitative estimate of drug-likeness (QED) is 0.617. The van der Waals surface area contributed by atoms with Gasteiger partial charge < -0.3 is 15.8 Å². The van der Waals surface area contributed by atoms with E-state index in [1.807, 2.05) is 24.4 Å². The molecule has 19 heavy (non-hydrogen) atoms. The first-order chi connectivity index (χ1) is 9.34. The molecule has 1 aliphatic carbocycles. The van der Waals surface area contributed by atoms with Crippen LogP contribution in [0.3, 0.4) is 0 Å². The maximum Gasteiger partial charge on any atom is 0.0639 e. The zero-order chi connectivity index (χ0) is 13.1. The topological polar surface area (TPSA) is 60.2 Å². The summed E-state index contributed by atoms with van der Waals surface area (Å²) in [5, 5.41) is 5.49. The molecule has 1 aliphatic rings. The van der Waals surface area contributed by atoms with Gasteiger partial charge in [-0.1, -0.05) is 0 Å². The SMILES string of the molecule is Nc1ccc(NCCOCC2CC2)c2cnccc12. The average Bonchev–Trinajstić information content (AvgIpc) is 3.25. The van der Waals surface area contributed by atoms with Gasteiger partial charge >= 0.3 is 0 Å². The summed E-state index contributed by atoms with van der Waals surface area (Å²) in [7, 11) is 0. The van der Waals surface area contributed by atoms with Crippen LogP contribution in [0.25, 0.3) is 10.8 Å². The van der Waals surface area contributed by atoms with Crippen molar-refractivity contribution in [3.8, 4) is 0 Å². The number of fused-ring (bicyclic) bond motifs is 1. The van der Waals surface area contributed by atoms with Gasteiger partial charge in [-0.15, -0.1) is 0 Å². The molecule has 4 heteroatoms. The lowest BCUT2D eigenvalue weighted by atomic mass is 10.1. The van der Waals surface area contributed by atoms with Crippen molar-refractivity contribution >= 4 is 22.1 Å². The summed E-state index contributed by atoms with van der Waals surface area (Å²) in [6.07, 6.45) is 6.28. The first-order valence-corrected chi connectivity index (χ1v) is 6.78. The van der Waals surface area contributed by atoms with E-state index in [0.717, 1.165) is 47.8 Å². The Kier molecular flexibility index (Phi) is 3.51. The van der Waals surface area contributed by atoms with Crippen molar-refractivity contribution in [3.63, 3.8) is 0 Å².